The van der Waals surface area contributed by atoms with E-state index in [1.807, 2.05) is 54.9 Å². The normalized spacial score (nSPS) is 19.3. The summed E-state index contributed by atoms with van der Waals surface area (Å²) in [4.78, 5) is 14.3. The third-order valence-corrected chi connectivity index (χ3v) is 6.96. The molecule has 1 unspecified atom stereocenters. The van der Waals surface area contributed by atoms with Crippen molar-refractivity contribution >= 4 is 26.6 Å². The van der Waals surface area contributed by atoms with Gasteiger partial charge in [0.1, 0.15) is 17.9 Å². The van der Waals surface area contributed by atoms with Crippen LogP contribution in [0.1, 0.15) is 31.6 Å². The highest BCUT2D eigenvalue weighted by Crippen LogP contribution is 2.28. The third kappa shape index (κ3) is 5.47. The van der Waals surface area contributed by atoms with E-state index in [1.165, 1.54) is 16.8 Å². The summed E-state index contributed by atoms with van der Waals surface area (Å²) in [5.74, 6) is 1.05. The molecule has 174 valence electrons. The van der Waals surface area contributed by atoms with E-state index < -0.39 is 10.0 Å². The van der Waals surface area contributed by atoms with Gasteiger partial charge in [-0.3, -0.25) is 10.3 Å². The summed E-state index contributed by atoms with van der Waals surface area (Å²) in [6, 6.07) is 7.37. The van der Waals surface area contributed by atoms with Gasteiger partial charge in [0.25, 0.3) is 0 Å². The zero-order valence-corrected chi connectivity index (χ0v) is 19.6. The first-order valence-electron chi connectivity index (χ1n) is 10.9. The van der Waals surface area contributed by atoms with Crippen LogP contribution in [-0.2, 0) is 10.0 Å². The number of fused-ring (bicyclic) bond motifs is 1. The minimum Gasteiger partial charge on any atom is -0.474 e. The van der Waals surface area contributed by atoms with E-state index in [-0.39, 0.29) is 12.1 Å². The molecule has 1 saturated heterocycles. The van der Waals surface area contributed by atoms with Gasteiger partial charge in [-0.2, -0.15) is 4.98 Å². The Kier molecular flexibility index (Phi) is 6.87. The number of aromatic nitrogens is 2. The van der Waals surface area contributed by atoms with Crippen LogP contribution in [0.5, 0.6) is 5.88 Å². The molecule has 0 amide bonds. The largest absolute Gasteiger partial charge is 0.474 e. The van der Waals surface area contributed by atoms with Gasteiger partial charge in [0.05, 0.1) is 23.4 Å². The van der Waals surface area contributed by atoms with Crippen LogP contribution in [0.25, 0.3) is 10.9 Å². The Hall–Kier alpha value is -3.08. The summed E-state index contributed by atoms with van der Waals surface area (Å²) in [5.41, 5.74) is 8.13. The molecule has 0 spiro atoms. The fourth-order valence-electron chi connectivity index (χ4n) is 3.90. The van der Waals surface area contributed by atoms with Crippen LogP contribution in [0.2, 0.25) is 0 Å². The van der Waals surface area contributed by atoms with Gasteiger partial charge in [0.15, 0.2) is 11.5 Å². The molecule has 1 atom stereocenters. The first-order valence-corrected chi connectivity index (χ1v) is 12.8. The average molecular weight is 470 g/mol. The Balaban J connectivity index is 1.61. The molecule has 4 N–H and O–H groups in total. The Morgan fingerprint density at radius 3 is 2.73 bits per heavy atom. The Labute approximate surface area is 193 Å². The molecule has 9 nitrogen and oxygen atoms in total. The van der Waals surface area contributed by atoms with Crippen molar-refractivity contribution in [3.05, 3.63) is 66.4 Å². The summed E-state index contributed by atoms with van der Waals surface area (Å²) in [7, 11) is -3.19. The molecule has 2 aliphatic heterocycles. The highest BCUT2D eigenvalue weighted by atomic mass is 32.2. The Bertz CT molecular complexity index is 1240. The Morgan fingerprint density at radius 2 is 2.06 bits per heavy atom. The molecule has 0 bridgehead atoms. The molecule has 0 radical (unpaired) electrons. The van der Waals surface area contributed by atoms with Gasteiger partial charge in [0, 0.05) is 19.2 Å². The zero-order valence-electron chi connectivity index (χ0n) is 18.8. The van der Waals surface area contributed by atoms with Gasteiger partial charge in [-0.25, -0.2) is 17.7 Å². The molecule has 33 heavy (non-hydrogen) atoms. The number of quaternary nitrogens is 1. The van der Waals surface area contributed by atoms with Gasteiger partial charge in [-0.1, -0.05) is 12.1 Å². The highest BCUT2D eigenvalue weighted by Gasteiger charge is 2.27. The van der Waals surface area contributed by atoms with Crippen molar-refractivity contribution in [3.63, 3.8) is 0 Å². The molecular formula is C23H29N6O3S+. The number of nitrogens with zero attached hydrogens (tertiary/aromatic N) is 4. The van der Waals surface area contributed by atoms with Crippen molar-refractivity contribution < 1.29 is 18.5 Å². The molecule has 2 aliphatic rings. The molecule has 4 rings (SSSR count). The van der Waals surface area contributed by atoms with E-state index in [2.05, 4.69) is 0 Å². The fraction of sp³-hybridized carbons (Fsp3) is 0.348. The molecule has 1 aromatic carbocycles. The summed E-state index contributed by atoms with van der Waals surface area (Å²) in [6.45, 7) is 2.81. The topological polar surface area (TPSA) is 127 Å². The van der Waals surface area contributed by atoms with Crippen LogP contribution < -0.4 is 15.8 Å². The van der Waals surface area contributed by atoms with Crippen LogP contribution in [0, 0.1) is 0 Å². The van der Waals surface area contributed by atoms with E-state index in [1.54, 1.807) is 6.08 Å². The first kappa shape index (κ1) is 23.1. The van der Waals surface area contributed by atoms with Crippen molar-refractivity contribution in [2.75, 3.05) is 19.3 Å². The number of sulfonamides is 1. The monoisotopic (exact) mass is 469 g/mol. The summed E-state index contributed by atoms with van der Waals surface area (Å²) in [5, 5.41) is 2.80. The number of piperidine rings is 1. The lowest BCUT2D eigenvalue weighted by Crippen LogP contribution is -2.75. The lowest BCUT2D eigenvalue weighted by Gasteiger charge is -2.30. The van der Waals surface area contributed by atoms with Crippen molar-refractivity contribution in [1.29, 1.82) is 0 Å². The number of ether oxygens (including phenoxy) is 1. The standard InChI is InChI=1S/C23H28N6O3S/c1-16(26-21(9-12-24)20-8-5-13-25-20)22-27-19-7-4-3-6-18(19)23(28-22)32-17-10-14-29(15-11-17)33(2,30)31/h3-9,12-13,16-17,25H,10-11,14-15,24H2,1-2H3/p+1. The molecule has 2 aromatic rings. The van der Waals surface area contributed by atoms with Gasteiger partial charge in [0.2, 0.25) is 15.9 Å². The molecule has 3 heterocycles. The minimum atomic E-state index is -3.19. The molecular weight excluding hydrogens is 440 g/mol. The number of rotatable bonds is 7. The maximum Gasteiger partial charge on any atom is 0.225 e. The third-order valence-electron chi connectivity index (χ3n) is 5.65. The second-order valence-electron chi connectivity index (χ2n) is 8.11. The number of hydrogen-bond acceptors (Lipinski definition) is 7. The first-order chi connectivity index (χ1) is 15.8. The maximum atomic E-state index is 11.8. The maximum absolute atomic E-state index is 11.8. The quantitative estimate of drug-likeness (QED) is 0.590. The van der Waals surface area contributed by atoms with Crippen LogP contribution in [0.15, 0.2) is 65.6 Å². The van der Waals surface area contributed by atoms with E-state index in [0.29, 0.717) is 37.6 Å². The van der Waals surface area contributed by atoms with Gasteiger partial charge in [-0.05, 0) is 50.3 Å². The van der Waals surface area contributed by atoms with Crippen LogP contribution in [0.4, 0.5) is 0 Å². The van der Waals surface area contributed by atoms with Crippen molar-refractivity contribution in [3.8, 4) is 5.88 Å². The molecule has 1 aromatic heterocycles. The number of hydrogen-bond donors (Lipinski definition) is 2. The van der Waals surface area contributed by atoms with Crippen LogP contribution in [0.3, 0.4) is 0 Å². The van der Waals surface area contributed by atoms with E-state index in [0.717, 1.165) is 22.3 Å². The second kappa shape index (κ2) is 9.82. The zero-order chi connectivity index (χ0) is 23.4. The predicted molar refractivity (Wildman–Crippen MR) is 128 cm³/mol. The number of nitrogens with two attached hydrogens (primary N) is 2. The van der Waals surface area contributed by atoms with E-state index >= 15 is 0 Å². The smallest absolute Gasteiger partial charge is 0.225 e. The van der Waals surface area contributed by atoms with Gasteiger partial charge >= 0.3 is 0 Å². The van der Waals surface area contributed by atoms with Crippen molar-refractivity contribution in [2.24, 2.45) is 10.7 Å². The van der Waals surface area contributed by atoms with E-state index in [9.17, 15) is 8.42 Å². The number of allylic oxidation sites excluding steroid dienone is 3. The number of para-hydroxylation sites is 1. The van der Waals surface area contributed by atoms with Gasteiger partial charge in [-0.15, -0.1) is 0 Å². The van der Waals surface area contributed by atoms with Crippen molar-refractivity contribution in [2.45, 2.75) is 31.9 Å². The molecule has 0 aliphatic carbocycles. The summed E-state index contributed by atoms with van der Waals surface area (Å²) >= 11 is 0. The number of benzene rings is 1. The number of aliphatic imine (C=N–C) groups is 1. The molecule has 1 fully saturated rings. The van der Waals surface area contributed by atoms with Gasteiger partial charge < -0.3 is 10.5 Å². The minimum absolute atomic E-state index is 0.118. The highest BCUT2D eigenvalue weighted by molar-refractivity contribution is 7.88. The van der Waals surface area contributed by atoms with Crippen molar-refractivity contribution in [1.82, 2.24) is 14.3 Å². The molecule has 10 heteroatoms. The second-order valence-corrected chi connectivity index (χ2v) is 10.1. The lowest BCUT2D eigenvalue weighted by atomic mass is 10.1. The van der Waals surface area contributed by atoms with E-state index in [4.69, 9.17) is 25.4 Å². The van der Waals surface area contributed by atoms with Crippen LogP contribution >= 0.6 is 0 Å². The lowest BCUT2D eigenvalue weighted by molar-refractivity contribution is -0.521. The average Bonchev–Trinajstić information content (AvgIpc) is 3.33. The fourth-order valence-corrected chi connectivity index (χ4v) is 4.77. The Morgan fingerprint density at radius 1 is 1.30 bits per heavy atom. The SMILES string of the molecule is CC(N=C(C=CN)C1=CC=C[NH2+]1)c1nc(OC2CCN(S(C)(=O)=O)CC2)c2ccccc2n1. The molecule has 0 saturated carbocycles. The summed E-state index contributed by atoms with van der Waals surface area (Å²) < 4.78 is 31.4. The summed E-state index contributed by atoms with van der Waals surface area (Å²) in [6.07, 6.45) is 11.5. The predicted octanol–water partition coefficient (Wildman–Crippen LogP) is 1.38. The van der Waals surface area contributed by atoms with Crippen LogP contribution in [-0.4, -0.2) is 53.9 Å².